The van der Waals surface area contributed by atoms with Crippen LogP contribution in [0.2, 0.25) is 0 Å². The second-order valence-corrected chi connectivity index (χ2v) is 8.50. The lowest BCUT2D eigenvalue weighted by Crippen LogP contribution is -2.37. The van der Waals surface area contributed by atoms with E-state index < -0.39 is 0 Å². The maximum absolute atomic E-state index is 13.5. The zero-order valence-corrected chi connectivity index (χ0v) is 17.3. The molecule has 2 aromatic rings. The van der Waals surface area contributed by atoms with Crippen molar-refractivity contribution in [2.45, 2.75) is 52.0 Å². The molecule has 1 saturated carbocycles. The summed E-state index contributed by atoms with van der Waals surface area (Å²) >= 11 is 0. The fraction of sp³-hybridized carbons (Fsp3) is 0.500. The van der Waals surface area contributed by atoms with Crippen LogP contribution in [-0.4, -0.2) is 27.1 Å². The molecule has 4 nitrogen and oxygen atoms in total. The molecule has 0 spiro atoms. The van der Waals surface area contributed by atoms with Crippen molar-refractivity contribution in [1.82, 2.24) is 14.7 Å². The minimum absolute atomic E-state index is 0.138. The molecule has 0 radical (unpaired) electrons. The maximum Gasteiger partial charge on any atom is 0.226 e. The molecule has 28 heavy (non-hydrogen) atoms. The topological polar surface area (TPSA) is 38.1 Å². The third-order valence-electron chi connectivity index (χ3n) is 6.51. The molecule has 1 aromatic heterocycles. The van der Waals surface area contributed by atoms with E-state index in [2.05, 4.69) is 60.3 Å². The molecular weight excluding hydrogens is 346 g/mol. The lowest BCUT2D eigenvalue weighted by Gasteiger charge is -2.29. The van der Waals surface area contributed by atoms with Crippen LogP contribution in [0, 0.1) is 25.7 Å². The SMILES string of the molecule is Cc1nn(C)c(C)c1CN(C[C@H]1CC=CCC1)C(=O)[C@@H]1C[C@H]1c1ccccc1. The number of benzene rings is 1. The summed E-state index contributed by atoms with van der Waals surface area (Å²) in [6.45, 7) is 5.70. The molecule has 1 fully saturated rings. The van der Waals surface area contributed by atoms with Crippen LogP contribution in [0.3, 0.4) is 0 Å². The zero-order valence-electron chi connectivity index (χ0n) is 17.3. The minimum Gasteiger partial charge on any atom is -0.338 e. The molecule has 0 N–H and O–H groups in total. The van der Waals surface area contributed by atoms with Gasteiger partial charge in [-0.05, 0) is 56.9 Å². The third kappa shape index (κ3) is 3.91. The molecule has 0 aliphatic heterocycles. The van der Waals surface area contributed by atoms with E-state index in [1.807, 2.05) is 17.8 Å². The number of rotatable bonds is 6. The lowest BCUT2D eigenvalue weighted by molar-refractivity contribution is -0.134. The molecule has 0 saturated heterocycles. The summed E-state index contributed by atoms with van der Waals surface area (Å²) in [5.74, 6) is 1.42. The van der Waals surface area contributed by atoms with Crippen molar-refractivity contribution in [2.24, 2.45) is 18.9 Å². The molecule has 2 aliphatic carbocycles. The number of aromatic nitrogens is 2. The quantitative estimate of drug-likeness (QED) is 0.694. The Labute approximate surface area is 168 Å². The maximum atomic E-state index is 13.5. The highest BCUT2D eigenvalue weighted by Crippen LogP contribution is 2.48. The average molecular weight is 378 g/mol. The van der Waals surface area contributed by atoms with Gasteiger partial charge in [0.25, 0.3) is 0 Å². The van der Waals surface area contributed by atoms with Crippen molar-refractivity contribution in [1.29, 1.82) is 0 Å². The van der Waals surface area contributed by atoms with Gasteiger partial charge in [-0.2, -0.15) is 5.10 Å². The highest BCUT2D eigenvalue weighted by Gasteiger charge is 2.46. The molecule has 3 atom stereocenters. The Balaban J connectivity index is 1.52. The number of aryl methyl sites for hydroxylation is 2. The summed E-state index contributed by atoms with van der Waals surface area (Å²) in [7, 11) is 1.98. The van der Waals surface area contributed by atoms with Gasteiger partial charge in [0.1, 0.15) is 0 Å². The Morgan fingerprint density at radius 2 is 2.00 bits per heavy atom. The molecule has 0 bridgehead atoms. The number of amides is 1. The van der Waals surface area contributed by atoms with Gasteiger partial charge in [-0.25, -0.2) is 0 Å². The van der Waals surface area contributed by atoms with Crippen LogP contribution in [0.25, 0.3) is 0 Å². The predicted molar refractivity (Wildman–Crippen MR) is 112 cm³/mol. The second kappa shape index (κ2) is 7.94. The molecule has 0 unspecified atom stereocenters. The highest BCUT2D eigenvalue weighted by atomic mass is 16.2. The standard InChI is InChI=1S/C24H31N3O/c1-17-23(18(2)26(3)25-17)16-27(15-19-10-6-4-7-11-19)24(28)22-14-21(22)20-12-8-5-9-13-20/h4-6,8-9,12-13,19,21-22H,7,10-11,14-16H2,1-3H3/t19-,21-,22+/m0/s1. The van der Waals surface area contributed by atoms with Crippen LogP contribution in [0.1, 0.15) is 54.1 Å². The number of nitrogens with zero attached hydrogens (tertiary/aromatic N) is 3. The van der Waals surface area contributed by atoms with Gasteiger partial charge in [0.2, 0.25) is 5.91 Å². The molecule has 4 rings (SSSR count). The summed E-state index contributed by atoms with van der Waals surface area (Å²) in [4.78, 5) is 15.6. The fourth-order valence-electron chi connectivity index (χ4n) is 4.57. The first-order chi connectivity index (χ1) is 13.5. The van der Waals surface area contributed by atoms with Crippen LogP contribution in [-0.2, 0) is 18.4 Å². The fourth-order valence-corrected chi connectivity index (χ4v) is 4.57. The molecule has 148 valence electrons. The summed E-state index contributed by atoms with van der Waals surface area (Å²) in [5, 5.41) is 4.56. The molecule has 1 heterocycles. The number of carbonyl (C=O) groups excluding carboxylic acids is 1. The van der Waals surface area contributed by atoms with Gasteiger partial charge in [0.15, 0.2) is 0 Å². The van der Waals surface area contributed by atoms with E-state index in [-0.39, 0.29) is 5.92 Å². The number of carbonyl (C=O) groups is 1. The summed E-state index contributed by atoms with van der Waals surface area (Å²) in [5.41, 5.74) is 4.71. The van der Waals surface area contributed by atoms with Crippen LogP contribution >= 0.6 is 0 Å². The molecule has 4 heteroatoms. The van der Waals surface area contributed by atoms with Crippen molar-refractivity contribution in [3.8, 4) is 0 Å². The van der Waals surface area contributed by atoms with E-state index >= 15 is 0 Å². The lowest BCUT2D eigenvalue weighted by atomic mass is 9.93. The largest absolute Gasteiger partial charge is 0.338 e. The van der Waals surface area contributed by atoms with E-state index in [4.69, 9.17) is 0 Å². The van der Waals surface area contributed by atoms with Crippen LogP contribution < -0.4 is 0 Å². The first-order valence-electron chi connectivity index (χ1n) is 10.5. The minimum atomic E-state index is 0.138. The smallest absolute Gasteiger partial charge is 0.226 e. The van der Waals surface area contributed by atoms with Crippen molar-refractivity contribution in [2.75, 3.05) is 6.54 Å². The van der Waals surface area contributed by atoms with Gasteiger partial charge >= 0.3 is 0 Å². The molecule has 1 amide bonds. The van der Waals surface area contributed by atoms with Gasteiger partial charge < -0.3 is 4.90 Å². The van der Waals surface area contributed by atoms with Crippen molar-refractivity contribution < 1.29 is 4.79 Å². The first kappa shape index (κ1) is 19.0. The summed E-state index contributed by atoms with van der Waals surface area (Å²) in [6.07, 6.45) is 8.92. The van der Waals surface area contributed by atoms with E-state index in [1.165, 1.54) is 17.5 Å². The first-order valence-corrected chi connectivity index (χ1v) is 10.5. The van der Waals surface area contributed by atoms with Crippen molar-refractivity contribution in [3.05, 3.63) is 65.0 Å². The van der Waals surface area contributed by atoms with E-state index in [9.17, 15) is 4.79 Å². The van der Waals surface area contributed by atoms with Crippen LogP contribution in [0.15, 0.2) is 42.5 Å². The molecular formula is C24H31N3O. The van der Waals surface area contributed by atoms with Gasteiger partial charge in [0, 0.05) is 37.3 Å². The van der Waals surface area contributed by atoms with Gasteiger partial charge in [-0.3, -0.25) is 9.48 Å². The normalized spacial score (nSPS) is 23.6. The predicted octanol–water partition coefficient (Wildman–Crippen LogP) is 4.53. The highest BCUT2D eigenvalue weighted by molar-refractivity contribution is 5.83. The van der Waals surface area contributed by atoms with Crippen LogP contribution in [0.5, 0.6) is 0 Å². The zero-order chi connectivity index (χ0) is 19.7. The van der Waals surface area contributed by atoms with E-state index in [1.54, 1.807) is 0 Å². The number of allylic oxidation sites excluding steroid dienone is 2. The summed E-state index contributed by atoms with van der Waals surface area (Å²) < 4.78 is 1.93. The van der Waals surface area contributed by atoms with Gasteiger partial charge in [-0.1, -0.05) is 42.5 Å². The molecule has 2 aliphatic rings. The number of hydrogen-bond acceptors (Lipinski definition) is 2. The van der Waals surface area contributed by atoms with E-state index in [0.717, 1.165) is 37.2 Å². The van der Waals surface area contributed by atoms with E-state index in [0.29, 0.717) is 24.3 Å². The van der Waals surface area contributed by atoms with Gasteiger partial charge in [0.05, 0.1) is 5.69 Å². The summed E-state index contributed by atoms with van der Waals surface area (Å²) in [6, 6.07) is 10.5. The Kier molecular flexibility index (Phi) is 5.38. The monoisotopic (exact) mass is 377 g/mol. The molecule has 1 aromatic carbocycles. The van der Waals surface area contributed by atoms with Gasteiger partial charge in [-0.15, -0.1) is 0 Å². The van der Waals surface area contributed by atoms with Crippen LogP contribution in [0.4, 0.5) is 0 Å². The van der Waals surface area contributed by atoms with Crippen molar-refractivity contribution >= 4 is 5.91 Å². The average Bonchev–Trinajstić information content (AvgIpc) is 3.48. The Bertz CT molecular complexity index is 867. The number of hydrogen-bond donors (Lipinski definition) is 0. The Morgan fingerprint density at radius 1 is 1.21 bits per heavy atom. The third-order valence-corrected chi connectivity index (χ3v) is 6.51. The Morgan fingerprint density at radius 3 is 2.64 bits per heavy atom. The van der Waals surface area contributed by atoms with Crippen molar-refractivity contribution in [3.63, 3.8) is 0 Å². The second-order valence-electron chi connectivity index (χ2n) is 8.50. The Hall–Kier alpha value is -2.36.